The zero-order valence-electron chi connectivity index (χ0n) is 16.1. The highest BCUT2D eigenvalue weighted by Crippen LogP contribution is 2.39. The summed E-state index contributed by atoms with van der Waals surface area (Å²) in [6, 6.07) is 9.34. The van der Waals surface area contributed by atoms with Gasteiger partial charge in [-0.15, -0.1) is 5.10 Å². The molecule has 2 bridgehead atoms. The number of hydrogen-bond donors (Lipinski definition) is 2. The molecule has 148 valence electrons. The number of allylic oxidation sites excluding steroid dienone is 1. The minimum atomic E-state index is -0.946. The van der Waals surface area contributed by atoms with E-state index in [1.807, 2.05) is 24.3 Å². The molecule has 2 aromatic heterocycles. The third kappa shape index (κ3) is 3.27. The van der Waals surface area contributed by atoms with Crippen molar-refractivity contribution >= 4 is 16.3 Å². The number of aromatic nitrogens is 3. The first-order chi connectivity index (χ1) is 14.1. The Hall–Kier alpha value is -2.86. The molecule has 3 aromatic rings. The molecular weight excluding hydrogens is 367 g/mol. The minimum absolute atomic E-state index is 0.0829. The predicted molar refractivity (Wildman–Crippen MR) is 111 cm³/mol. The summed E-state index contributed by atoms with van der Waals surface area (Å²) < 4.78 is 15.0. The topological polar surface area (TPSA) is 70.9 Å². The van der Waals surface area contributed by atoms with Gasteiger partial charge in [-0.25, -0.2) is 4.39 Å². The molecule has 2 unspecified atom stereocenters. The van der Waals surface area contributed by atoms with Crippen molar-refractivity contribution in [1.82, 2.24) is 20.5 Å². The number of phenolic OH excluding ortho intramolecular Hbond substituents is 1. The molecule has 29 heavy (non-hydrogen) atoms. The molecule has 5 nitrogen and oxygen atoms in total. The van der Waals surface area contributed by atoms with Crippen LogP contribution in [0.4, 0.5) is 4.39 Å². The van der Waals surface area contributed by atoms with E-state index in [1.165, 1.54) is 0 Å². The molecule has 6 heteroatoms. The number of phenols is 1. The largest absolute Gasteiger partial charge is 0.507 e. The Morgan fingerprint density at radius 2 is 2.03 bits per heavy atom. The molecule has 2 aliphatic rings. The van der Waals surface area contributed by atoms with E-state index in [0.29, 0.717) is 28.6 Å². The summed E-state index contributed by atoms with van der Waals surface area (Å²) in [4.78, 5) is 4.07. The fourth-order valence-corrected chi connectivity index (χ4v) is 4.71. The summed E-state index contributed by atoms with van der Waals surface area (Å²) in [7, 11) is 0. The molecule has 0 spiro atoms. The number of fused-ring (bicyclic) bond motifs is 3. The lowest BCUT2D eigenvalue weighted by molar-refractivity contribution is 0.0982. The Balaban J connectivity index is 1.42. The SMILES string of the molecule is C=C(c1ccc(-c2cc3ccncc3cc2O)nn1)[C@@H]1CC2CCCC(N2)[C@H]1F. The van der Waals surface area contributed by atoms with Crippen molar-refractivity contribution in [2.45, 2.75) is 43.9 Å². The van der Waals surface area contributed by atoms with E-state index < -0.39 is 6.17 Å². The summed E-state index contributed by atoms with van der Waals surface area (Å²) >= 11 is 0. The van der Waals surface area contributed by atoms with Gasteiger partial charge in [0, 0.05) is 41.3 Å². The van der Waals surface area contributed by atoms with Crippen molar-refractivity contribution in [1.29, 1.82) is 0 Å². The van der Waals surface area contributed by atoms with Gasteiger partial charge in [0.1, 0.15) is 11.9 Å². The van der Waals surface area contributed by atoms with Crippen LogP contribution in [-0.2, 0) is 0 Å². The van der Waals surface area contributed by atoms with E-state index in [0.717, 1.165) is 36.5 Å². The smallest absolute Gasteiger partial charge is 0.125 e. The van der Waals surface area contributed by atoms with Gasteiger partial charge in [0.05, 0.1) is 11.4 Å². The molecule has 2 aliphatic heterocycles. The van der Waals surface area contributed by atoms with Gasteiger partial charge < -0.3 is 10.4 Å². The highest BCUT2D eigenvalue weighted by molar-refractivity contribution is 5.89. The third-order valence-corrected chi connectivity index (χ3v) is 6.30. The fourth-order valence-electron chi connectivity index (χ4n) is 4.71. The first-order valence-corrected chi connectivity index (χ1v) is 10.1. The second-order valence-electron chi connectivity index (χ2n) is 8.11. The standard InChI is InChI=1S/C23H23FN4O/c1-13(17-11-16-3-2-4-21(26-16)23(17)24)19-5-6-20(28-27-19)18-9-14-7-8-25-12-15(14)10-22(18)29/h5-10,12,16-17,21,23,26,29H,1-4,11H2/t16?,17-,21?,23-/m0/s1. The average Bonchev–Trinajstić information content (AvgIpc) is 2.76. The second kappa shape index (κ2) is 7.19. The summed E-state index contributed by atoms with van der Waals surface area (Å²) in [5.74, 6) is -0.102. The number of benzene rings is 1. The van der Waals surface area contributed by atoms with Crippen LogP contribution in [0.5, 0.6) is 5.75 Å². The van der Waals surface area contributed by atoms with Crippen LogP contribution in [0.1, 0.15) is 31.4 Å². The van der Waals surface area contributed by atoms with E-state index >= 15 is 0 Å². The Morgan fingerprint density at radius 1 is 1.14 bits per heavy atom. The molecule has 5 rings (SSSR count). The van der Waals surface area contributed by atoms with Crippen molar-refractivity contribution in [3.8, 4) is 17.0 Å². The van der Waals surface area contributed by atoms with Crippen molar-refractivity contribution < 1.29 is 9.50 Å². The molecule has 0 radical (unpaired) electrons. The molecule has 0 amide bonds. The van der Waals surface area contributed by atoms with E-state index in [1.54, 1.807) is 18.5 Å². The van der Waals surface area contributed by atoms with E-state index in [4.69, 9.17) is 0 Å². The zero-order valence-corrected chi connectivity index (χ0v) is 16.1. The fraction of sp³-hybridized carbons (Fsp3) is 0.348. The van der Waals surface area contributed by atoms with Crippen LogP contribution in [0.3, 0.4) is 0 Å². The Bertz CT molecular complexity index is 1070. The first kappa shape index (κ1) is 18.2. The van der Waals surface area contributed by atoms with Gasteiger partial charge in [-0.3, -0.25) is 4.98 Å². The molecular formula is C23H23FN4O. The van der Waals surface area contributed by atoms with Crippen LogP contribution >= 0.6 is 0 Å². The Morgan fingerprint density at radius 3 is 2.86 bits per heavy atom. The zero-order chi connectivity index (χ0) is 20.0. The molecule has 1 aromatic carbocycles. The quantitative estimate of drug-likeness (QED) is 0.699. The van der Waals surface area contributed by atoms with Gasteiger partial charge in [0.2, 0.25) is 0 Å². The maximum absolute atomic E-state index is 15.0. The van der Waals surface area contributed by atoms with Crippen LogP contribution in [0.25, 0.3) is 27.6 Å². The van der Waals surface area contributed by atoms with Crippen LogP contribution in [-0.4, -0.2) is 38.5 Å². The van der Waals surface area contributed by atoms with E-state index in [-0.39, 0.29) is 17.7 Å². The van der Waals surface area contributed by atoms with Crippen molar-refractivity contribution in [2.24, 2.45) is 5.92 Å². The number of halogens is 1. The Kier molecular flexibility index (Phi) is 4.51. The normalized spacial score (nSPS) is 26.4. The van der Waals surface area contributed by atoms with Crippen LogP contribution in [0.2, 0.25) is 0 Å². The van der Waals surface area contributed by atoms with Gasteiger partial charge >= 0.3 is 0 Å². The Labute approximate surface area is 168 Å². The monoisotopic (exact) mass is 390 g/mol. The lowest BCUT2D eigenvalue weighted by atomic mass is 9.75. The minimum Gasteiger partial charge on any atom is -0.507 e. The van der Waals surface area contributed by atoms with Gasteiger partial charge in [-0.05, 0) is 60.6 Å². The number of aromatic hydroxyl groups is 1. The summed E-state index contributed by atoms with van der Waals surface area (Å²) in [5, 5.41) is 24.3. The maximum Gasteiger partial charge on any atom is 0.125 e. The third-order valence-electron chi connectivity index (χ3n) is 6.30. The highest BCUT2D eigenvalue weighted by atomic mass is 19.1. The molecule has 0 saturated carbocycles. The van der Waals surface area contributed by atoms with E-state index in [9.17, 15) is 9.50 Å². The number of rotatable bonds is 3. The molecule has 2 N–H and O–H groups in total. The highest BCUT2D eigenvalue weighted by Gasteiger charge is 2.41. The summed E-state index contributed by atoms with van der Waals surface area (Å²) in [5.41, 5.74) is 2.50. The molecule has 2 fully saturated rings. The lowest BCUT2D eigenvalue weighted by Gasteiger charge is -2.43. The van der Waals surface area contributed by atoms with Crippen LogP contribution < -0.4 is 5.32 Å². The van der Waals surface area contributed by atoms with Gasteiger partial charge in [0.25, 0.3) is 0 Å². The van der Waals surface area contributed by atoms with Crippen molar-refractivity contribution in [2.75, 3.05) is 0 Å². The predicted octanol–water partition coefficient (Wildman–Crippen LogP) is 4.28. The summed E-state index contributed by atoms with van der Waals surface area (Å²) in [6.45, 7) is 4.16. The first-order valence-electron chi connectivity index (χ1n) is 10.1. The molecule has 2 saturated heterocycles. The molecule has 4 atom stereocenters. The number of nitrogens with zero attached hydrogens (tertiary/aromatic N) is 3. The van der Waals surface area contributed by atoms with Gasteiger partial charge in [-0.2, -0.15) is 5.10 Å². The number of hydrogen-bond acceptors (Lipinski definition) is 5. The molecule has 4 heterocycles. The maximum atomic E-state index is 15.0. The van der Waals surface area contributed by atoms with Gasteiger partial charge in [-0.1, -0.05) is 13.0 Å². The number of piperidine rings is 2. The van der Waals surface area contributed by atoms with Crippen LogP contribution in [0.15, 0.2) is 49.3 Å². The number of nitrogens with one attached hydrogen (secondary N) is 1. The second-order valence-corrected chi connectivity index (χ2v) is 8.11. The van der Waals surface area contributed by atoms with Crippen LogP contribution in [0, 0.1) is 5.92 Å². The number of pyridine rings is 1. The average molecular weight is 390 g/mol. The van der Waals surface area contributed by atoms with Gasteiger partial charge in [0.15, 0.2) is 0 Å². The van der Waals surface area contributed by atoms with E-state index in [2.05, 4.69) is 27.1 Å². The number of alkyl halides is 1. The molecule has 0 aliphatic carbocycles. The van der Waals surface area contributed by atoms with Crippen molar-refractivity contribution in [3.05, 3.63) is 55.0 Å². The lowest BCUT2D eigenvalue weighted by Crippen LogP contribution is -2.55. The summed E-state index contributed by atoms with van der Waals surface area (Å²) in [6.07, 6.45) is 6.28. The van der Waals surface area contributed by atoms with Crippen molar-refractivity contribution in [3.63, 3.8) is 0 Å².